The van der Waals surface area contributed by atoms with Crippen molar-refractivity contribution in [2.24, 2.45) is 0 Å². The van der Waals surface area contributed by atoms with E-state index in [0.29, 0.717) is 23.8 Å². The molecule has 1 aromatic carbocycles. The molecule has 1 heterocycles. The second-order valence-electron chi connectivity index (χ2n) is 6.24. The molecular weight excluding hydrogens is 455 g/mol. The predicted octanol–water partition coefficient (Wildman–Crippen LogP) is 4.13. The molecule has 1 unspecified atom stereocenters. The summed E-state index contributed by atoms with van der Waals surface area (Å²) >= 11 is 1.12. The molecule has 0 saturated heterocycles. The van der Waals surface area contributed by atoms with Crippen molar-refractivity contribution < 1.29 is 31.1 Å². The maximum absolute atomic E-state index is 12.5. The van der Waals surface area contributed by atoms with E-state index in [9.17, 15) is 26.4 Å². The van der Waals surface area contributed by atoms with E-state index < -0.39 is 33.3 Å². The van der Waals surface area contributed by atoms with Crippen molar-refractivity contribution in [1.29, 1.82) is 0 Å². The van der Waals surface area contributed by atoms with Crippen LogP contribution in [0, 0.1) is 0 Å². The number of rotatable bonds is 9. The van der Waals surface area contributed by atoms with Crippen molar-refractivity contribution in [3.05, 3.63) is 42.6 Å². The summed E-state index contributed by atoms with van der Waals surface area (Å²) < 4.78 is 66.6. The fraction of sp³-hybridized carbons (Fsp3) is 0.368. The smallest absolute Gasteiger partial charge is 0.406 e. The Hall–Kier alpha value is -2.31. The van der Waals surface area contributed by atoms with Crippen LogP contribution < -0.4 is 10.1 Å². The zero-order chi connectivity index (χ0) is 23.2. The van der Waals surface area contributed by atoms with Gasteiger partial charge >= 0.3 is 6.36 Å². The number of hydrogen-bond acceptors (Lipinski definition) is 6. The molecule has 0 aliphatic carbocycles. The van der Waals surface area contributed by atoms with Crippen LogP contribution in [-0.4, -0.2) is 48.3 Å². The first kappa shape index (κ1) is 25.0. The Balaban J connectivity index is 1.98. The first-order valence-corrected chi connectivity index (χ1v) is 11.6. The molecule has 2 rings (SSSR count). The minimum atomic E-state index is -4.79. The molecule has 0 saturated carbocycles. The van der Waals surface area contributed by atoms with E-state index in [0.717, 1.165) is 23.9 Å². The molecule has 170 valence electrons. The Morgan fingerprint density at radius 3 is 2.26 bits per heavy atom. The molecule has 0 radical (unpaired) electrons. The summed E-state index contributed by atoms with van der Waals surface area (Å²) in [5.74, 6) is -0.784. The number of anilines is 1. The number of ether oxygens (including phenoxy) is 1. The summed E-state index contributed by atoms with van der Waals surface area (Å²) in [7, 11) is -3.62. The van der Waals surface area contributed by atoms with Gasteiger partial charge < -0.3 is 10.1 Å². The average Bonchev–Trinajstić information content (AvgIpc) is 2.69. The Kier molecular flexibility index (Phi) is 8.32. The van der Waals surface area contributed by atoms with Gasteiger partial charge in [0.25, 0.3) is 0 Å². The third kappa shape index (κ3) is 7.11. The highest BCUT2D eigenvalue weighted by molar-refractivity contribution is 8.00. The van der Waals surface area contributed by atoms with Gasteiger partial charge in [-0.2, -0.15) is 4.31 Å². The quantitative estimate of drug-likeness (QED) is 0.547. The van der Waals surface area contributed by atoms with E-state index in [-0.39, 0.29) is 4.90 Å². The van der Waals surface area contributed by atoms with E-state index in [4.69, 9.17) is 0 Å². The number of pyridine rings is 1. The molecule has 12 heteroatoms. The molecule has 1 aromatic heterocycles. The molecule has 0 aliphatic heterocycles. The van der Waals surface area contributed by atoms with Crippen LogP contribution in [0.2, 0.25) is 0 Å². The van der Waals surface area contributed by atoms with Crippen molar-refractivity contribution in [1.82, 2.24) is 9.29 Å². The number of alkyl halides is 3. The number of benzene rings is 1. The van der Waals surface area contributed by atoms with Gasteiger partial charge in [-0.3, -0.25) is 4.79 Å². The van der Waals surface area contributed by atoms with Crippen LogP contribution in [-0.2, 0) is 14.8 Å². The van der Waals surface area contributed by atoms with Crippen LogP contribution in [0.5, 0.6) is 5.75 Å². The average molecular weight is 478 g/mol. The van der Waals surface area contributed by atoms with Gasteiger partial charge in [-0.25, -0.2) is 13.4 Å². The van der Waals surface area contributed by atoms with Crippen molar-refractivity contribution in [2.45, 2.75) is 42.3 Å². The van der Waals surface area contributed by atoms with Crippen LogP contribution in [0.1, 0.15) is 20.8 Å². The van der Waals surface area contributed by atoms with Crippen molar-refractivity contribution in [3.8, 4) is 5.75 Å². The Morgan fingerprint density at radius 2 is 1.77 bits per heavy atom. The highest BCUT2D eigenvalue weighted by Crippen LogP contribution is 2.26. The summed E-state index contributed by atoms with van der Waals surface area (Å²) in [6, 6.07) is 7.74. The number of nitrogens with zero attached hydrogens (tertiary/aromatic N) is 2. The monoisotopic (exact) mass is 477 g/mol. The topological polar surface area (TPSA) is 88.6 Å². The van der Waals surface area contributed by atoms with Gasteiger partial charge in [-0.15, -0.1) is 13.2 Å². The Bertz CT molecular complexity index is 978. The van der Waals surface area contributed by atoms with Crippen LogP contribution in [0.15, 0.2) is 52.5 Å². The lowest BCUT2D eigenvalue weighted by molar-refractivity contribution is -0.274. The third-order valence-electron chi connectivity index (χ3n) is 4.07. The molecular formula is C19H22F3N3O4S2. The number of sulfonamides is 1. The van der Waals surface area contributed by atoms with Gasteiger partial charge in [0, 0.05) is 25.0 Å². The van der Waals surface area contributed by atoms with Crippen LogP contribution in [0.4, 0.5) is 18.9 Å². The summed E-state index contributed by atoms with van der Waals surface area (Å²) in [5, 5.41) is 2.45. The fourth-order valence-electron chi connectivity index (χ4n) is 2.52. The lowest BCUT2D eigenvalue weighted by atomic mass is 10.3. The lowest BCUT2D eigenvalue weighted by Gasteiger charge is -2.18. The van der Waals surface area contributed by atoms with E-state index in [2.05, 4.69) is 15.0 Å². The van der Waals surface area contributed by atoms with Gasteiger partial charge in [-0.1, -0.05) is 25.6 Å². The van der Waals surface area contributed by atoms with E-state index in [1.165, 1.54) is 34.8 Å². The van der Waals surface area contributed by atoms with Gasteiger partial charge in [0.15, 0.2) is 0 Å². The van der Waals surface area contributed by atoms with Gasteiger partial charge in [0.1, 0.15) is 10.6 Å². The maximum Gasteiger partial charge on any atom is 0.573 e. The molecule has 1 amide bonds. The number of nitrogens with one attached hydrogen (secondary N) is 1. The zero-order valence-corrected chi connectivity index (χ0v) is 18.6. The minimum Gasteiger partial charge on any atom is -0.406 e. The Labute approximate surface area is 183 Å². The molecule has 1 atom stereocenters. The van der Waals surface area contributed by atoms with E-state index in [1.807, 2.05) is 0 Å². The molecule has 1 N–H and O–H groups in total. The molecule has 0 fully saturated rings. The third-order valence-corrected chi connectivity index (χ3v) is 7.16. The summed E-state index contributed by atoms with van der Waals surface area (Å²) in [6.07, 6.45) is -3.54. The molecule has 0 aliphatic rings. The zero-order valence-electron chi connectivity index (χ0n) is 17.0. The van der Waals surface area contributed by atoms with Crippen LogP contribution in [0.25, 0.3) is 0 Å². The van der Waals surface area contributed by atoms with Crippen molar-refractivity contribution in [3.63, 3.8) is 0 Å². The van der Waals surface area contributed by atoms with Crippen LogP contribution >= 0.6 is 11.8 Å². The number of carbonyl (C=O) groups excluding carboxylic acids is 1. The largest absolute Gasteiger partial charge is 0.573 e. The highest BCUT2D eigenvalue weighted by atomic mass is 32.2. The van der Waals surface area contributed by atoms with Gasteiger partial charge in [0.05, 0.1) is 10.3 Å². The highest BCUT2D eigenvalue weighted by Gasteiger charge is 2.31. The number of hydrogen-bond donors (Lipinski definition) is 1. The molecule has 7 nitrogen and oxygen atoms in total. The van der Waals surface area contributed by atoms with E-state index >= 15 is 0 Å². The number of thioether (sulfide) groups is 1. The van der Waals surface area contributed by atoms with E-state index in [1.54, 1.807) is 20.8 Å². The first-order chi connectivity index (χ1) is 14.5. The van der Waals surface area contributed by atoms with Crippen LogP contribution in [0.3, 0.4) is 0 Å². The SMILES string of the molecule is CCN(CC)S(=O)(=O)c1ccc(SC(C)C(=O)Nc2ccc(OC(F)(F)F)cc2)nc1. The number of halogens is 3. The van der Waals surface area contributed by atoms with Gasteiger partial charge in [-0.05, 0) is 43.3 Å². The predicted molar refractivity (Wildman–Crippen MR) is 111 cm³/mol. The number of amides is 1. The molecule has 2 aromatic rings. The number of aromatic nitrogens is 1. The van der Waals surface area contributed by atoms with Crippen molar-refractivity contribution in [2.75, 3.05) is 18.4 Å². The lowest BCUT2D eigenvalue weighted by Crippen LogP contribution is -2.30. The normalized spacial score (nSPS) is 13.1. The molecule has 0 bridgehead atoms. The molecule has 0 spiro atoms. The second kappa shape index (κ2) is 10.3. The van der Waals surface area contributed by atoms with Crippen molar-refractivity contribution >= 4 is 33.4 Å². The Morgan fingerprint density at radius 1 is 1.16 bits per heavy atom. The maximum atomic E-state index is 12.5. The summed E-state index contributed by atoms with van der Waals surface area (Å²) in [5.41, 5.74) is 0.306. The summed E-state index contributed by atoms with van der Waals surface area (Å²) in [4.78, 5) is 16.5. The second-order valence-corrected chi connectivity index (χ2v) is 9.54. The molecule has 31 heavy (non-hydrogen) atoms. The standard InChI is InChI=1S/C19H22F3N3O4S2/c1-4-25(5-2)31(27,28)16-10-11-17(23-12-16)30-13(3)18(26)24-14-6-8-15(9-7-14)29-19(20,21)22/h6-13H,4-5H2,1-3H3,(H,24,26). The number of carbonyl (C=O) groups is 1. The first-order valence-electron chi connectivity index (χ1n) is 9.25. The van der Waals surface area contributed by atoms with Gasteiger partial charge in [0.2, 0.25) is 15.9 Å². The fourth-order valence-corrected chi connectivity index (χ4v) is 4.71. The summed E-state index contributed by atoms with van der Waals surface area (Å²) in [6.45, 7) is 5.81. The minimum absolute atomic E-state index is 0.0684.